The Bertz CT molecular complexity index is 532. The monoisotopic (exact) mass is 374 g/mol. The van der Waals surface area contributed by atoms with E-state index in [1.165, 1.54) is 0 Å². The minimum absolute atomic E-state index is 0.0299. The number of benzene rings is 1. The summed E-state index contributed by atoms with van der Waals surface area (Å²) >= 11 is 11.9. The number of carbonyl (C=O) groups excluding carboxylic acids is 2. The van der Waals surface area contributed by atoms with E-state index in [1.54, 1.807) is 18.2 Å². The molecule has 24 heavy (non-hydrogen) atoms. The highest BCUT2D eigenvalue weighted by Gasteiger charge is 2.09. The molecule has 4 nitrogen and oxygen atoms in total. The molecule has 1 rings (SSSR count). The Morgan fingerprint density at radius 2 is 1.62 bits per heavy atom. The minimum Gasteiger partial charge on any atom is -0.466 e. The molecule has 0 unspecified atom stereocenters. The van der Waals surface area contributed by atoms with Crippen LogP contribution in [-0.2, 0) is 25.5 Å². The highest BCUT2D eigenvalue weighted by atomic mass is 35.5. The van der Waals surface area contributed by atoms with E-state index in [4.69, 9.17) is 32.7 Å². The van der Waals surface area contributed by atoms with E-state index >= 15 is 0 Å². The van der Waals surface area contributed by atoms with Crippen LogP contribution in [0, 0.1) is 0 Å². The van der Waals surface area contributed by atoms with Crippen LogP contribution in [0.5, 0.6) is 0 Å². The van der Waals surface area contributed by atoms with Crippen molar-refractivity contribution >= 4 is 35.1 Å². The van der Waals surface area contributed by atoms with Crippen LogP contribution in [0.4, 0.5) is 0 Å². The average Bonchev–Trinajstić information content (AvgIpc) is 2.55. The molecule has 0 radical (unpaired) electrons. The van der Waals surface area contributed by atoms with E-state index in [0.717, 1.165) is 31.2 Å². The van der Waals surface area contributed by atoms with E-state index in [0.29, 0.717) is 23.1 Å². The molecule has 0 spiro atoms. The maximum atomic E-state index is 11.6. The summed E-state index contributed by atoms with van der Waals surface area (Å²) in [6.45, 7) is 2.76. The number of rotatable bonds is 11. The zero-order valence-electron chi connectivity index (χ0n) is 14.0. The highest BCUT2D eigenvalue weighted by molar-refractivity contribution is 6.35. The Kier molecular flexibility index (Phi) is 10.5. The van der Waals surface area contributed by atoms with Crippen molar-refractivity contribution in [2.24, 2.45) is 0 Å². The summed E-state index contributed by atoms with van der Waals surface area (Å²) in [5, 5.41) is 1.11. The number of ether oxygens (including phenoxy) is 2. The van der Waals surface area contributed by atoms with Gasteiger partial charge in [0.05, 0.1) is 26.1 Å². The number of hydrogen-bond donors (Lipinski definition) is 0. The van der Waals surface area contributed by atoms with Crippen molar-refractivity contribution in [3.05, 3.63) is 33.8 Å². The van der Waals surface area contributed by atoms with E-state index in [9.17, 15) is 9.59 Å². The fourth-order valence-electron chi connectivity index (χ4n) is 2.06. The summed E-state index contributed by atoms with van der Waals surface area (Å²) in [6.07, 6.45) is 4.79. The van der Waals surface area contributed by atoms with Crippen molar-refractivity contribution in [1.82, 2.24) is 0 Å². The maximum Gasteiger partial charge on any atom is 0.306 e. The van der Waals surface area contributed by atoms with Gasteiger partial charge in [-0.25, -0.2) is 0 Å². The maximum absolute atomic E-state index is 11.6. The average molecular weight is 375 g/mol. The van der Waals surface area contributed by atoms with Gasteiger partial charge in [0, 0.05) is 16.5 Å². The topological polar surface area (TPSA) is 52.6 Å². The largest absolute Gasteiger partial charge is 0.466 e. The number of halogens is 2. The van der Waals surface area contributed by atoms with E-state index in [1.807, 2.05) is 0 Å². The van der Waals surface area contributed by atoms with E-state index < -0.39 is 5.97 Å². The molecule has 0 saturated carbocycles. The third-order valence-electron chi connectivity index (χ3n) is 3.44. The number of hydrogen-bond acceptors (Lipinski definition) is 4. The van der Waals surface area contributed by atoms with Gasteiger partial charge in [0.15, 0.2) is 0 Å². The van der Waals surface area contributed by atoms with Crippen LogP contribution >= 0.6 is 23.2 Å². The summed E-state index contributed by atoms with van der Waals surface area (Å²) in [6, 6.07) is 5.19. The first kappa shape index (κ1) is 20.8. The molecule has 0 atom stereocenters. The normalized spacial score (nSPS) is 10.5. The lowest BCUT2D eigenvalue weighted by Crippen LogP contribution is -2.12. The lowest BCUT2D eigenvalue weighted by molar-refractivity contribution is -0.150. The van der Waals surface area contributed by atoms with Gasteiger partial charge in [-0.2, -0.15) is 0 Å². The van der Waals surface area contributed by atoms with Crippen LogP contribution in [0.3, 0.4) is 0 Å². The van der Waals surface area contributed by atoms with Crippen molar-refractivity contribution in [2.75, 3.05) is 13.2 Å². The second-order valence-corrected chi connectivity index (χ2v) is 6.33. The van der Waals surface area contributed by atoms with E-state index in [-0.39, 0.29) is 25.4 Å². The molecule has 0 aromatic heterocycles. The molecule has 1 aromatic carbocycles. The molecule has 1 aromatic rings. The second-order valence-electron chi connectivity index (χ2n) is 5.49. The fraction of sp³-hybridized carbons (Fsp3) is 0.556. The Hall–Kier alpha value is -1.26. The smallest absolute Gasteiger partial charge is 0.306 e. The molecular formula is C18H24Cl2O4. The van der Waals surface area contributed by atoms with Gasteiger partial charge in [-0.05, 0) is 24.1 Å². The van der Waals surface area contributed by atoms with Crippen molar-refractivity contribution in [2.45, 2.75) is 51.9 Å². The lowest BCUT2D eigenvalue weighted by atomic mass is 10.2. The van der Waals surface area contributed by atoms with Gasteiger partial charge < -0.3 is 9.47 Å². The quantitative estimate of drug-likeness (QED) is 0.404. The number of esters is 2. The minimum atomic E-state index is -0.414. The molecule has 6 heteroatoms. The van der Waals surface area contributed by atoms with Crippen LogP contribution < -0.4 is 0 Å². The molecule has 0 heterocycles. The molecule has 0 N–H and O–H groups in total. The summed E-state index contributed by atoms with van der Waals surface area (Å²) in [7, 11) is 0. The third-order valence-corrected chi connectivity index (χ3v) is 4.03. The van der Waals surface area contributed by atoms with Gasteiger partial charge in [0.2, 0.25) is 0 Å². The Balaban J connectivity index is 2.12. The summed E-state index contributed by atoms with van der Waals surface area (Å²) in [4.78, 5) is 23.1. The molecule has 0 aliphatic carbocycles. The molecule has 0 aliphatic rings. The molecular weight excluding hydrogens is 351 g/mol. The Morgan fingerprint density at radius 1 is 0.958 bits per heavy atom. The lowest BCUT2D eigenvalue weighted by Gasteiger charge is -2.07. The van der Waals surface area contributed by atoms with Crippen LogP contribution in [-0.4, -0.2) is 25.2 Å². The first-order valence-corrected chi connectivity index (χ1v) is 9.03. The van der Waals surface area contributed by atoms with Crippen LogP contribution in [0.25, 0.3) is 0 Å². The molecule has 134 valence electrons. The fourth-order valence-corrected chi connectivity index (χ4v) is 2.57. The summed E-state index contributed by atoms with van der Waals surface area (Å²) in [5.41, 5.74) is 0.861. The predicted molar refractivity (Wildman–Crippen MR) is 95.5 cm³/mol. The van der Waals surface area contributed by atoms with Crippen LogP contribution in [0.15, 0.2) is 18.2 Å². The van der Waals surface area contributed by atoms with Gasteiger partial charge in [-0.3, -0.25) is 9.59 Å². The Labute approximate surface area is 153 Å². The zero-order chi connectivity index (χ0) is 17.8. The molecule has 0 fully saturated rings. The molecule has 0 aliphatic heterocycles. The van der Waals surface area contributed by atoms with E-state index in [2.05, 4.69) is 6.92 Å². The highest BCUT2D eigenvalue weighted by Crippen LogP contribution is 2.21. The summed E-state index contributed by atoms with van der Waals surface area (Å²) < 4.78 is 10.2. The zero-order valence-corrected chi connectivity index (χ0v) is 15.5. The standard InChI is InChI=1S/C18H24Cl2O4/c1-2-3-4-5-11-23-17(21)8-9-18(22)24-12-10-14-6-7-15(19)13-16(14)20/h6-7,13H,2-5,8-12H2,1H3. The van der Waals surface area contributed by atoms with Crippen LogP contribution in [0.2, 0.25) is 10.0 Å². The molecule has 0 bridgehead atoms. The summed E-state index contributed by atoms with van der Waals surface area (Å²) in [5.74, 6) is -0.771. The number of unbranched alkanes of at least 4 members (excludes halogenated alkanes) is 3. The predicted octanol–water partition coefficient (Wildman–Crippen LogP) is 4.98. The molecule has 0 amide bonds. The first-order valence-electron chi connectivity index (χ1n) is 8.28. The number of carbonyl (C=O) groups is 2. The third kappa shape index (κ3) is 9.14. The second kappa shape index (κ2) is 12.2. The SMILES string of the molecule is CCCCCCOC(=O)CCC(=O)OCCc1ccc(Cl)cc1Cl. The van der Waals surface area contributed by atoms with Gasteiger partial charge >= 0.3 is 11.9 Å². The van der Waals surface area contributed by atoms with Crippen molar-refractivity contribution in [1.29, 1.82) is 0 Å². The van der Waals surface area contributed by atoms with Gasteiger partial charge in [0.25, 0.3) is 0 Å². The van der Waals surface area contributed by atoms with Gasteiger partial charge in [-0.1, -0.05) is 55.5 Å². The van der Waals surface area contributed by atoms with Gasteiger partial charge in [-0.15, -0.1) is 0 Å². The first-order chi connectivity index (χ1) is 11.5. The van der Waals surface area contributed by atoms with Crippen molar-refractivity contribution in [3.8, 4) is 0 Å². The van der Waals surface area contributed by atoms with Crippen LogP contribution in [0.1, 0.15) is 51.0 Å². The van der Waals surface area contributed by atoms with Crippen molar-refractivity contribution in [3.63, 3.8) is 0 Å². The van der Waals surface area contributed by atoms with Gasteiger partial charge in [0.1, 0.15) is 0 Å². The Morgan fingerprint density at radius 3 is 2.25 bits per heavy atom. The van der Waals surface area contributed by atoms with Crippen molar-refractivity contribution < 1.29 is 19.1 Å². The molecule has 0 saturated heterocycles.